The number of nitrogens with zero attached hydrogens (tertiary/aromatic N) is 5. The fourth-order valence-electron chi connectivity index (χ4n) is 7.48. The van der Waals surface area contributed by atoms with Crippen molar-refractivity contribution in [3.8, 4) is 39.5 Å². The third kappa shape index (κ3) is 8.19. The summed E-state index contributed by atoms with van der Waals surface area (Å²) >= 11 is -2.10. The molecule has 0 saturated carbocycles. The molecule has 9 rings (SSSR count). The Morgan fingerprint density at radius 3 is 2.32 bits per heavy atom. The van der Waals surface area contributed by atoms with Crippen molar-refractivity contribution in [1.82, 2.24) is 24.5 Å². The molecule has 5 heterocycles. The van der Waals surface area contributed by atoms with Crippen LogP contribution < -0.4 is 4.40 Å². The van der Waals surface area contributed by atoms with Gasteiger partial charge in [0.05, 0.1) is 22.4 Å². The zero-order chi connectivity index (χ0) is 45.9. The van der Waals surface area contributed by atoms with Crippen molar-refractivity contribution in [2.75, 3.05) is 0 Å². The third-order valence-corrected chi connectivity index (χ3v) is 14.5. The molecule has 6 nitrogen and oxygen atoms in total. The number of benzene rings is 4. The summed E-state index contributed by atoms with van der Waals surface area (Å²) in [7, 11) is 0. The molecule has 0 fully saturated rings. The Balaban J connectivity index is 0.000000217. The molecule has 0 unspecified atom stereocenters. The van der Waals surface area contributed by atoms with E-state index in [9.17, 15) is 4.39 Å². The van der Waals surface area contributed by atoms with E-state index in [4.69, 9.17) is 17.6 Å². The fraction of sp³-hybridized carbons (Fsp3) is 0.200. The number of hydrogen-bond acceptors (Lipinski definition) is 5. The predicted octanol–water partition coefficient (Wildman–Crippen LogP) is 12.4. The first kappa shape index (κ1) is 34.6. The van der Waals surface area contributed by atoms with Crippen LogP contribution in [0.2, 0.25) is 17.3 Å². The van der Waals surface area contributed by atoms with Gasteiger partial charge in [-0.15, -0.1) is 12.1 Å². The van der Waals surface area contributed by atoms with Gasteiger partial charge in [-0.2, -0.15) is 0 Å². The predicted molar refractivity (Wildman–Crippen MR) is 238 cm³/mol. The first-order chi connectivity index (χ1) is 30.2. The van der Waals surface area contributed by atoms with Gasteiger partial charge in [0, 0.05) is 52.9 Å². The summed E-state index contributed by atoms with van der Waals surface area (Å²) in [6.07, 6.45) is 3.55. The van der Waals surface area contributed by atoms with Crippen LogP contribution in [-0.2, 0) is 20.1 Å². The maximum Gasteiger partial charge on any atom is 0.216 e. The van der Waals surface area contributed by atoms with Crippen molar-refractivity contribution in [2.24, 2.45) is 0 Å². The SMILES string of the molecule is [2H]C([2H])([2H])c1cc[c-]c(-c2cc(C(C)C)[c]([Ge]([CH3])([CH3])[CH3])cn2)c1F.[2H]C([2H])([2H])c1ccc(-c2c[c-]c(-c3nc4ccccc4n3-c3cc(C)nc(C)c3)c3oc4ncccc4c23)cc1.[Ir]. The molecule has 0 aliphatic heterocycles. The molecular formula is C50H46FGeIrN5O-2. The number of aromatic nitrogens is 5. The zero-order valence-corrected chi connectivity index (χ0v) is 38.3. The molecule has 5 aromatic heterocycles. The maximum atomic E-state index is 14.7. The number of halogens is 1. The zero-order valence-electron chi connectivity index (χ0n) is 39.8. The van der Waals surface area contributed by atoms with Gasteiger partial charge >= 0.3 is 134 Å². The standard InChI is InChI=1S/C32H23N4O.C18H23FGeN.Ir/c1-19-10-12-22(13-11-19)24-14-15-26(30-29(24)25-7-6-16-33-32(25)37-30)31-35-27-8-4-5-9-28(27)36(31)23-17-20(2)34-21(3)18-23;1-12(2)15-10-17(21-11-16(15)20(4,5)6)14-9-7-8-13(3)18(14)19;/h4-14,16-18H,1-3H3;7-8,10-12H,1-6H3;/q2*-1;/i1D3;3D3;. The van der Waals surface area contributed by atoms with Crippen LogP contribution >= 0.6 is 0 Å². The van der Waals surface area contributed by atoms with E-state index < -0.39 is 32.8 Å². The van der Waals surface area contributed by atoms with Crippen molar-refractivity contribution in [3.05, 3.63) is 155 Å². The van der Waals surface area contributed by atoms with Crippen LogP contribution in [0.4, 0.5) is 4.39 Å². The Hall–Kier alpha value is -5.28. The molecule has 0 spiro atoms. The summed E-state index contributed by atoms with van der Waals surface area (Å²) in [5, 5.41) is 1.74. The number of hydrogen-bond donors (Lipinski definition) is 0. The quantitative estimate of drug-likeness (QED) is 0.123. The van der Waals surface area contributed by atoms with Gasteiger partial charge in [0.15, 0.2) is 0 Å². The number of aryl methyl sites for hydroxylation is 4. The molecular weight excluding hydrogens is 970 g/mol. The van der Waals surface area contributed by atoms with Gasteiger partial charge < -0.3 is 8.98 Å². The minimum absolute atomic E-state index is 0. The van der Waals surface area contributed by atoms with Crippen LogP contribution in [0.1, 0.15) is 56.1 Å². The summed E-state index contributed by atoms with van der Waals surface area (Å²) in [6.45, 7) is 3.52. The van der Waals surface area contributed by atoms with Crippen LogP contribution in [-0.4, -0.2) is 37.8 Å². The molecule has 4 aromatic carbocycles. The molecule has 0 bridgehead atoms. The Kier molecular flexibility index (Phi) is 9.82. The summed E-state index contributed by atoms with van der Waals surface area (Å²) in [6, 6.07) is 35.8. The number of imidazole rings is 1. The van der Waals surface area contributed by atoms with E-state index in [2.05, 4.69) is 68.8 Å². The number of furan rings is 1. The van der Waals surface area contributed by atoms with Crippen LogP contribution in [0, 0.1) is 45.5 Å². The van der Waals surface area contributed by atoms with Gasteiger partial charge in [-0.25, -0.2) is 4.98 Å². The van der Waals surface area contributed by atoms with Gasteiger partial charge in [-0.3, -0.25) is 9.97 Å². The normalized spacial score (nSPS) is 13.5. The van der Waals surface area contributed by atoms with Gasteiger partial charge in [-0.1, -0.05) is 58.7 Å². The number of pyridine rings is 3. The fourth-order valence-corrected chi connectivity index (χ4v) is 11.0. The van der Waals surface area contributed by atoms with Crippen molar-refractivity contribution in [2.45, 2.75) is 64.6 Å². The molecule has 9 heteroatoms. The molecule has 9 aromatic rings. The van der Waals surface area contributed by atoms with Crippen molar-refractivity contribution in [1.29, 1.82) is 0 Å². The van der Waals surface area contributed by atoms with Gasteiger partial charge in [-0.05, 0) is 62.5 Å². The van der Waals surface area contributed by atoms with Crippen LogP contribution in [0.15, 0.2) is 114 Å². The molecule has 0 aliphatic rings. The maximum absolute atomic E-state index is 14.7. The Morgan fingerprint density at radius 2 is 1.61 bits per heavy atom. The molecule has 299 valence electrons. The summed E-state index contributed by atoms with van der Waals surface area (Å²) < 4.78 is 70.1. The monoisotopic (exact) mass is 1020 g/mol. The molecule has 1 radical (unpaired) electrons. The van der Waals surface area contributed by atoms with Crippen molar-refractivity contribution in [3.63, 3.8) is 0 Å². The van der Waals surface area contributed by atoms with Crippen LogP contribution in [0.25, 0.3) is 72.6 Å². The van der Waals surface area contributed by atoms with E-state index >= 15 is 0 Å². The Morgan fingerprint density at radius 1 is 0.847 bits per heavy atom. The summed E-state index contributed by atoms with van der Waals surface area (Å²) in [5.41, 5.74) is 9.90. The van der Waals surface area contributed by atoms with Crippen molar-refractivity contribution >= 4 is 50.8 Å². The van der Waals surface area contributed by atoms with E-state index in [-0.39, 0.29) is 31.2 Å². The largest absolute Gasteiger partial charge is 0.486 e. The smallest absolute Gasteiger partial charge is 0.216 e. The van der Waals surface area contributed by atoms with E-state index in [1.165, 1.54) is 22.1 Å². The van der Waals surface area contributed by atoms with Gasteiger partial charge in [0.1, 0.15) is 0 Å². The Labute approximate surface area is 370 Å². The molecule has 59 heavy (non-hydrogen) atoms. The second-order valence-corrected chi connectivity index (χ2v) is 26.4. The van der Waals surface area contributed by atoms with Crippen LogP contribution in [0.5, 0.6) is 0 Å². The minimum atomic E-state index is -2.49. The molecule has 0 amide bonds. The summed E-state index contributed by atoms with van der Waals surface area (Å²) in [4.78, 5) is 18.5. The third-order valence-electron chi connectivity index (χ3n) is 10.2. The first-order valence-electron chi connectivity index (χ1n) is 22.2. The topological polar surface area (TPSA) is 69.6 Å². The number of para-hydroxylation sites is 2. The molecule has 0 N–H and O–H groups in total. The van der Waals surface area contributed by atoms with Crippen LogP contribution in [0.3, 0.4) is 0 Å². The second kappa shape index (κ2) is 16.8. The first-order valence-corrected chi connectivity index (χ1v) is 26.5. The minimum Gasteiger partial charge on any atom is -0.486 e. The van der Waals surface area contributed by atoms with E-state index in [1.54, 1.807) is 18.3 Å². The molecule has 0 aliphatic carbocycles. The van der Waals surface area contributed by atoms with Crippen molar-refractivity contribution < 1.29 is 37.1 Å². The van der Waals surface area contributed by atoms with E-state index in [0.717, 1.165) is 50.0 Å². The molecule has 0 atom stereocenters. The Bertz CT molecular complexity index is 3190. The molecule has 0 saturated heterocycles. The van der Waals surface area contributed by atoms with E-state index in [0.29, 0.717) is 39.9 Å². The average Bonchev–Trinajstić information content (AvgIpc) is 3.82. The van der Waals surface area contributed by atoms with E-state index in [1.807, 2.05) is 86.8 Å². The number of fused-ring (bicyclic) bond motifs is 4. The number of rotatable bonds is 6. The van der Waals surface area contributed by atoms with Gasteiger partial charge in [0.25, 0.3) is 0 Å². The second-order valence-electron chi connectivity index (χ2n) is 15.8. The summed E-state index contributed by atoms with van der Waals surface area (Å²) in [5.74, 6) is 7.12. The average molecular weight is 1020 g/mol. The van der Waals surface area contributed by atoms with Gasteiger partial charge in [0.2, 0.25) is 5.71 Å².